The highest BCUT2D eigenvalue weighted by Gasteiger charge is 2.18. The topological polar surface area (TPSA) is 72.2 Å². The second kappa shape index (κ2) is 5.73. The van der Waals surface area contributed by atoms with E-state index in [-0.39, 0.29) is 0 Å². The van der Waals surface area contributed by atoms with E-state index < -0.39 is 10.0 Å². The van der Waals surface area contributed by atoms with Crippen LogP contribution in [-0.2, 0) is 23.0 Å². The molecule has 0 aliphatic heterocycles. The minimum absolute atomic E-state index is 0.309. The molecular weight excluding hydrogens is 280 g/mol. The summed E-state index contributed by atoms with van der Waals surface area (Å²) in [7, 11) is -3.56. The fourth-order valence-corrected chi connectivity index (χ4v) is 3.87. The van der Waals surface area contributed by atoms with Gasteiger partial charge in [0.05, 0.1) is 10.6 Å². The molecule has 19 heavy (non-hydrogen) atoms. The van der Waals surface area contributed by atoms with Gasteiger partial charge in [0.2, 0.25) is 0 Å². The zero-order valence-corrected chi connectivity index (χ0v) is 12.2. The van der Waals surface area contributed by atoms with Gasteiger partial charge in [-0.2, -0.15) is 11.3 Å². The van der Waals surface area contributed by atoms with Gasteiger partial charge >= 0.3 is 0 Å². The summed E-state index contributed by atoms with van der Waals surface area (Å²) < 4.78 is 27.4. The molecule has 2 aromatic rings. The molecule has 102 valence electrons. The Balaban J connectivity index is 2.43. The number of aryl methyl sites for hydroxylation is 1. The van der Waals surface area contributed by atoms with E-state index in [9.17, 15) is 8.42 Å². The molecule has 0 fully saturated rings. The first kappa shape index (κ1) is 14.0. The number of hydrogen-bond donors (Lipinski definition) is 2. The molecule has 0 radical (unpaired) electrons. The standard InChI is InChI=1S/C13H16N2O2S2/c1-2-11-4-3-10(8-14)7-13(11)19(16,17)15-12-5-6-18-9-12/h3-7,9,15H,2,8,14H2,1H3. The van der Waals surface area contributed by atoms with Crippen molar-refractivity contribution >= 4 is 27.0 Å². The van der Waals surface area contributed by atoms with Crippen LogP contribution >= 0.6 is 11.3 Å². The van der Waals surface area contributed by atoms with E-state index in [1.807, 2.05) is 24.4 Å². The van der Waals surface area contributed by atoms with E-state index in [1.54, 1.807) is 17.5 Å². The van der Waals surface area contributed by atoms with Gasteiger partial charge in [0.15, 0.2) is 0 Å². The van der Waals surface area contributed by atoms with Crippen LogP contribution in [0.5, 0.6) is 0 Å². The van der Waals surface area contributed by atoms with Crippen molar-refractivity contribution in [2.45, 2.75) is 24.8 Å². The maximum atomic E-state index is 12.4. The van der Waals surface area contributed by atoms with E-state index in [2.05, 4.69) is 4.72 Å². The molecule has 1 aromatic heterocycles. The third-order valence-corrected chi connectivity index (χ3v) is 4.96. The fourth-order valence-electron chi connectivity index (χ4n) is 1.80. The summed E-state index contributed by atoms with van der Waals surface area (Å²) in [6.45, 7) is 2.26. The molecule has 0 atom stereocenters. The number of benzene rings is 1. The molecule has 2 rings (SSSR count). The summed E-state index contributed by atoms with van der Waals surface area (Å²) in [6, 6.07) is 7.07. The summed E-state index contributed by atoms with van der Waals surface area (Å²) in [5, 5.41) is 3.59. The van der Waals surface area contributed by atoms with E-state index in [0.717, 1.165) is 11.1 Å². The normalized spacial score (nSPS) is 11.5. The minimum Gasteiger partial charge on any atom is -0.326 e. The smallest absolute Gasteiger partial charge is 0.262 e. The molecule has 3 N–H and O–H groups in total. The van der Waals surface area contributed by atoms with Crippen LogP contribution in [0.1, 0.15) is 18.1 Å². The Morgan fingerprint density at radius 1 is 1.32 bits per heavy atom. The van der Waals surface area contributed by atoms with Gasteiger partial charge in [-0.1, -0.05) is 19.1 Å². The van der Waals surface area contributed by atoms with Crippen molar-refractivity contribution < 1.29 is 8.42 Å². The molecule has 0 aliphatic carbocycles. The Kier molecular flexibility index (Phi) is 4.24. The highest BCUT2D eigenvalue weighted by molar-refractivity contribution is 7.92. The lowest BCUT2D eigenvalue weighted by Crippen LogP contribution is -2.15. The van der Waals surface area contributed by atoms with Crippen LogP contribution in [0.15, 0.2) is 39.9 Å². The summed E-state index contributed by atoms with van der Waals surface area (Å²) in [6.07, 6.45) is 0.657. The predicted octanol–water partition coefficient (Wildman–Crippen LogP) is 2.57. The average Bonchev–Trinajstić information content (AvgIpc) is 2.90. The lowest BCUT2D eigenvalue weighted by molar-refractivity contribution is 0.600. The molecule has 0 spiro atoms. The van der Waals surface area contributed by atoms with Crippen molar-refractivity contribution in [3.63, 3.8) is 0 Å². The van der Waals surface area contributed by atoms with Crippen LogP contribution in [0.4, 0.5) is 5.69 Å². The van der Waals surface area contributed by atoms with Gasteiger partial charge in [-0.15, -0.1) is 0 Å². The first-order valence-corrected chi connectivity index (χ1v) is 8.36. The Hall–Kier alpha value is -1.37. The zero-order chi connectivity index (χ0) is 13.9. The van der Waals surface area contributed by atoms with Gasteiger partial charge in [0.25, 0.3) is 10.0 Å². The number of rotatable bonds is 5. The highest BCUT2D eigenvalue weighted by Crippen LogP contribution is 2.22. The van der Waals surface area contributed by atoms with E-state index >= 15 is 0 Å². The number of nitrogens with two attached hydrogens (primary N) is 1. The van der Waals surface area contributed by atoms with Crippen molar-refractivity contribution in [3.8, 4) is 0 Å². The van der Waals surface area contributed by atoms with E-state index in [1.165, 1.54) is 11.3 Å². The zero-order valence-electron chi connectivity index (χ0n) is 10.6. The fraction of sp³-hybridized carbons (Fsp3) is 0.231. The SMILES string of the molecule is CCc1ccc(CN)cc1S(=O)(=O)Nc1ccsc1. The second-order valence-corrected chi connectivity index (χ2v) is 6.55. The quantitative estimate of drug-likeness (QED) is 0.890. The molecule has 0 saturated carbocycles. The van der Waals surface area contributed by atoms with Crippen molar-refractivity contribution in [2.75, 3.05) is 4.72 Å². The van der Waals surface area contributed by atoms with Crippen LogP contribution in [0.3, 0.4) is 0 Å². The van der Waals surface area contributed by atoms with Crippen molar-refractivity contribution in [1.29, 1.82) is 0 Å². The second-order valence-electron chi connectivity index (χ2n) is 4.12. The van der Waals surface area contributed by atoms with Crippen molar-refractivity contribution in [3.05, 3.63) is 46.2 Å². The first-order valence-electron chi connectivity index (χ1n) is 5.93. The van der Waals surface area contributed by atoms with Gasteiger partial charge in [-0.25, -0.2) is 8.42 Å². The monoisotopic (exact) mass is 296 g/mol. The molecular formula is C13H16N2O2S2. The minimum atomic E-state index is -3.56. The van der Waals surface area contributed by atoms with Gasteiger partial charge in [0.1, 0.15) is 0 Å². The average molecular weight is 296 g/mol. The van der Waals surface area contributed by atoms with Crippen LogP contribution in [0.2, 0.25) is 0 Å². The number of nitrogens with one attached hydrogen (secondary N) is 1. The molecule has 0 bridgehead atoms. The first-order chi connectivity index (χ1) is 9.06. The van der Waals surface area contributed by atoms with Crippen molar-refractivity contribution in [2.24, 2.45) is 5.73 Å². The summed E-state index contributed by atoms with van der Waals surface area (Å²) in [5.74, 6) is 0. The maximum Gasteiger partial charge on any atom is 0.262 e. The van der Waals surface area contributed by atoms with Crippen LogP contribution < -0.4 is 10.5 Å². The Morgan fingerprint density at radius 2 is 2.11 bits per heavy atom. The number of anilines is 1. The summed E-state index contributed by atoms with van der Waals surface area (Å²) >= 11 is 1.45. The van der Waals surface area contributed by atoms with E-state index in [0.29, 0.717) is 23.5 Å². The molecule has 0 amide bonds. The molecule has 0 saturated heterocycles. The van der Waals surface area contributed by atoms with E-state index in [4.69, 9.17) is 5.73 Å². The number of hydrogen-bond acceptors (Lipinski definition) is 4. The van der Waals surface area contributed by atoms with Gasteiger partial charge in [0, 0.05) is 11.9 Å². The molecule has 6 heteroatoms. The van der Waals surface area contributed by atoms with Crippen LogP contribution in [0, 0.1) is 0 Å². The Bertz CT molecular complexity index is 649. The van der Waals surface area contributed by atoms with Crippen molar-refractivity contribution in [1.82, 2.24) is 0 Å². The molecule has 0 aliphatic rings. The highest BCUT2D eigenvalue weighted by atomic mass is 32.2. The number of thiophene rings is 1. The van der Waals surface area contributed by atoms with Gasteiger partial charge in [-0.05, 0) is 35.1 Å². The summed E-state index contributed by atoms with van der Waals surface area (Å²) in [4.78, 5) is 0.309. The lowest BCUT2D eigenvalue weighted by atomic mass is 10.1. The largest absolute Gasteiger partial charge is 0.326 e. The third kappa shape index (κ3) is 3.15. The molecule has 1 aromatic carbocycles. The number of sulfonamides is 1. The molecule has 0 unspecified atom stereocenters. The van der Waals surface area contributed by atoms with Gasteiger partial charge < -0.3 is 5.73 Å². The molecule has 1 heterocycles. The molecule has 4 nitrogen and oxygen atoms in total. The van der Waals surface area contributed by atoms with Crippen LogP contribution in [0.25, 0.3) is 0 Å². The Labute approximate surface area is 117 Å². The predicted molar refractivity (Wildman–Crippen MR) is 78.8 cm³/mol. The van der Waals surface area contributed by atoms with Crippen LogP contribution in [-0.4, -0.2) is 8.42 Å². The third-order valence-electron chi connectivity index (χ3n) is 2.81. The lowest BCUT2D eigenvalue weighted by Gasteiger charge is -2.12. The maximum absolute atomic E-state index is 12.4. The van der Waals surface area contributed by atoms with Gasteiger partial charge in [-0.3, -0.25) is 4.72 Å². The Morgan fingerprint density at radius 3 is 2.68 bits per heavy atom. The summed E-state index contributed by atoms with van der Waals surface area (Å²) in [5.41, 5.74) is 7.76.